The molecule has 0 atom stereocenters. The fraction of sp³-hybridized carbons (Fsp3) is 0.200. The molecular weight excluding hydrogens is 200 g/mol. The number of hydrogen-bond acceptors (Lipinski definition) is 5. The molecule has 5 heteroatoms. The van der Waals surface area contributed by atoms with Crippen LogP contribution in [-0.2, 0) is 9.47 Å². The SMILES string of the molecule is COc1cc2cc(c1)C(=O)OCOC2=O. The molecule has 0 unspecified atom stereocenters. The van der Waals surface area contributed by atoms with Crippen LogP contribution in [0.15, 0.2) is 18.2 Å². The number of carbonyl (C=O) groups excluding carboxylic acids is 2. The molecule has 1 aromatic rings. The van der Waals surface area contributed by atoms with E-state index in [0.29, 0.717) is 5.75 Å². The maximum absolute atomic E-state index is 11.3. The van der Waals surface area contributed by atoms with Crippen molar-refractivity contribution >= 4 is 11.9 Å². The highest BCUT2D eigenvalue weighted by molar-refractivity contribution is 5.96. The monoisotopic (exact) mass is 208 g/mol. The first-order valence-corrected chi connectivity index (χ1v) is 4.24. The van der Waals surface area contributed by atoms with Crippen molar-refractivity contribution in [3.63, 3.8) is 0 Å². The average molecular weight is 208 g/mol. The molecule has 2 bridgehead atoms. The molecule has 15 heavy (non-hydrogen) atoms. The molecule has 1 aliphatic heterocycles. The number of carbonyl (C=O) groups is 2. The maximum atomic E-state index is 11.3. The molecule has 78 valence electrons. The number of rotatable bonds is 1. The van der Waals surface area contributed by atoms with E-state index in [1.807, 2.05) is 0 Å². The number of cyclic esters (lactones) is 2. The lowest BCUT2D eigenvalue weighted by atomic mass is 10.1. The summed E-state index contributed by atoms with van der Waals surface area (Å²) in [5.41, 5.74) is 0.557. The van der Waals surface area contributed by atoms with Crippen LogP contribution >= 0.6 is 0 Å². The predicted molar refractivity (Wildman–Crippen MR) is 48.7 cm³/mol. The van der Waals surface area contributed by atoms with Gasteiger partial charge in [0.2, 0.25) is 6.79 Å². The van der Waals surface area contributed by atoms with Crippen molar-refractivity contribution in [2.24, 2.45) is 0 Å². The summed E-state index contributed by atoms with van der Waals surface area (Å²) in [7, 11) is 1.45. The second kappa shape index (κ2) is 3.61. The third kappa shape index (κ3) is 1.76. The Hall–Kier alpha value is -2.04. The fourth-order valence-corrected chi connectivity index (χ4v) is 1.26. The van der Waals surface area contributed by atoms with Crippen LogP contribution in [0.4, 0.5) is 0 Å². The van der Waals surface area contributed by atoms with Crippen molar-refractivity contribution in [2.75, 3.05) is 13.9 Å². The number of benzene rings is 1. The smallest absolute Gasteiger partial charge is 0.341 e. The van der Waals surface area contributed by atoms with Crippen molar-refractivity contribution < 1.29 is 23.8 Å². The van der Waals surface area contributed by atoms with Crippen LogP contribution in [0.5, 0.6) is 5.75 Å². The van der Waals surface area contributed by atoms with Gasteiger partial charge in [0.1, 0.15) is 5.75 Å². The van der Waals surface area contributed by atoms with Gasteiger partial charge < -0.3 is 14.2 Å². The van der Waals surface area contributed by atoms with Crippen LogP contribution in [-0.4, -0.2) is 25.8 Å². The number of fused-ring (bicyclic) bond motifs is 2. The molecule has 0 radical (unpaired) electrons. The first-order chi connectivity index (χ1) is 7.20. The molecule has 0 aromatic heterocycles. The van der Waals surface area contributed by atoms with Crippen LogP contribution in [0.2, 0.25) is 0 Å². The van der Waals surface area contributed by atoms with E-state index in [2.05, 4.69) is 9.47 Å². The summed E-state index contributed by atoms with van der Waals surface area (Å²) in [4.78, 5) is 22.7. The minimum Gasteiger partial charge on any atom is -0.497 e. The summed E-state index contributed by atoms with van der Waals surface area (Å²) in [6.45, 7) is -0.359. The largest absolute Gasteiger partial charge is 0.497 e. The first kappa shape index (κ1) is 9.51. The minimum atomic E-state index is -0.539. The van der Waals surface area contributed by atoms with Gasteiger partial charge in [0.05, 0.1) is 18.2 Å². The summed E-state index contributed by atoms with van der Waals surface area (Å²) >= 11 is 0. The Morgan fingerprint density at radius 2 is 1.60 bits per heavy atom. The van der Waals surface area contributed by atoms with E-state index in [9.17, 15) is 9.59 Å². The van der Waals surface area contributed by atoms with Gasteiger partial charge in [-0.1, -0.05) is 0 Å². The Morgan fingerprint density at radius 1 is 1.07 bits per heavy atom. The van der Waals surface area contributed by atoms with E-state index in [0.717, 1.165) is 0 Å². The Kier molecular flexibility index (Phi) is 2.29. The molecule has 0 N–H and O–H groups in total. The van der Waals surface area contributed by atoms with Gasteiger partial charge in [-0.2, -0.15) is 0 Å². The zero-order valence-corrected chi connectivity index (χ0v) is 7.98. The summed E-state index contributed by atoms with van der Waals surface area (Å²) in [5, 5.41) is 0. The number of ether oxygens (including phenoxy) is 3. The molecular formula is C10H8O5. The Labute approximate surface area is 85.5 Å². The van der Waals surface area contributed by atoms with Crippen LogP contribution < -0.4 is 4.74 Å². The van der Waals surface area contributed by atoms with Crippen LogP contribution in [0.25, 0.3) is 0 Å². The molecule has 0 aliphatic carbocycles. The number of esters is 2. The van der Waals surface area contributed by atoms with Gasteiger partial charge in [0.25, 0.3) is 0 Å². The zero-order valence-electron chi connectivity index (χ0n) is 7.98. The Bertz CT molecular complexity index is 390. The molecule has 0 saturated carbocycles. The normalized spacial score (nSPS) is 14.7. The second-order valence-corrected chi connectivity index (χ2v) is 2.93. The lowest BCUT2D eigenvalue weighted by Crippen LogP contribution is -2.17. The Morgan fingerprint density at radius 3 is 2.07 bits per heavy atom. The van der Waals surface area contributed by atoms with Crippen molar-refractivity contribution in [2.45, 2.75) is 0 Å². The molecule has 0 fully saturated rings. The quantitative estimate of drug-likeness (QED) is 0.644. The molecule has 2 rings (SSSR count). The minimum absolute atomic E-state index is 0.279. The number of methoxy groups -OCH3 is 1. The molecule has 0 spiro atoms. The summed E-state index contributed by atoms with van der Waals surface area (Å²) < 4.78 is 14.3. The third-order valence-electron chi connectivity index (χ3n) is 1.99. The summed E-state index contributed by atoms with van der Waals surface area (Å²) in [6, 6.07) is 4.42. The molecule has 5 nitrogen and oxygen atoms in total. The van der Waals surface area contributed by atoms with Gasteiger partial charge in [0.15, 0.2) is 0 Å². The van der Waals surface area contributed by atoms with Gasteiger partial charge in [0, 0.05) is 0 Å². The topological polar surface area (TPSA) is 61.8 Å². The van der Waals surface area contributed by atoms with Crippen LogP contribution in [0.1, 0.15) is 20.7 Å². The van der Waals surface area contributed by atoms with Gasteiger partial charge in [-0.05, 0) is 18.2 Å². The molecule has 0 saturated heterocycles. The summed E-state index contributed by atoms with van der Waals surface area (Å²) in [6.07, 6.45) is 0. The average Bonchev–Trinajstić information content (AvgIpc) is 2.27. The highest BCUT2D eigenvalue weighted by Crippen LogP contribution is 2.20. The van der Waals surface area contributed by atoms with E-state index >= 15 is 0 Å². The van der Waals surface area contributed by atoms with Gasteiger partial charge in [-0.25, -0.2) is 9.59 Å². The predicted octanol–water partition coefficient (Wildman–Crippen LogP) is 0.980. The van der Waals surface area contributed by atoms with Crippen molar-refractivity contribution in [1.82, 2.24) is 0 Å². The van der Waals surface area contributed by atoms with Crippen LogP contribution in [0, 0.1) is 0 Å². The molecule has 1 aliphatic rings. The third-order valence-corrected chi connectivity index (χ3v) is 1.99. The lowest BCUT2D eigenvalue weighted by Gasteiger charge is -2.12. The summed E-state index contributed by atoms with van der Waals surface area (Å²) in [5.74, 6) is -0.663. The van der Waals surface area contributed by atoms with Crippen molar-refractivity contribution in [3.8, 4) is 5.75 Å². The lowest BCUT2D eigenvalue weighted by molar-refractivity contribution is -0.0179. The zero-order chi connectivity index (χ0) is 10.8. The molecule has 1 aromatic carbocycles. The van der Waals surface area contributed by atoms with E-state index in [1.54, 1.807) is 0 Å². The highest BCUT2D eigenvalue weighted by Gasteiger charge is 2.18. The first-order valence-electron chi connectivity index (χ1n) is 4.24. The Balaban J connectivity index is 2.54. The van der Waals surface area contributed by atoms with Crippen molar-refractivity contribution in [1.29, 1.82) is 0 Å². The van der Waals surface area contributed by atoms with Gasteiger partial charge >= 0.3 is 11.9 Å². The molecule has 0 amide bonds. The van der Waals surface area contributed by atoms with Gasteiger partial charge in [-0.3, -0.25) is 0 Å². The van der Waals surface area contributed by atoms with E-state index in [1.165, 1.54) is 25.3 Å². The van der Waals surface area contributed by atoms with Crippen LogP contribution in [0.3, 0.4) is 0 Å². The number of hydrogen-bond donors (Lipinski definition) is 0. The highest BCUT2D eigenvalue weighted by atomic mass is 16.7. The second-order valence-electron chi connectivity index (χ2n) is 2.93. The maximum Gasteiger partial charge on any atom is 0.341 e. The van der Waals surface area contributed by atoms with E-state index < -0.39 is 11.9 Å². The van der Waals surface area contributed by atoms with E-state index in [-0.39, 0.29) is 17.9 Å². The van der Waals surface area contributed by atoms with E-state index in [4.69, 9.17) is 4.74 Å². The fourth-order valence-electron chi connectivity index (χ4n) is 1.26. The standard InChI is InChI=1S/C10H8O5/c1-13-8-3-6-2-7(4-8)10(12)15-5-14-9(6)11/h2-4H,5H2,1H3. The molecule has 1 heterocycles. The van der Waals surface area contributed by atoms with Crippen molar-refractivity contribution in [3.05, 3.63) is 29.3 Å². The van der Waals surface area contributed by atoms with Gasteiger partial charge in [-0.15, -0.1) is 0 Å².